The zero-order valence-corrected chi connectivity index (χ0v) is 32.3. The molecule has 0 saturated carbocycles. The predicted molar refractivity (Wildman–Crippen MR) is 239 cm³/mol. The highest BCUT2D eigenvalue weighted by Crippen LogP contribution is 2.53. The number of allylic oxidation sites excluding steroid dienone is 3. The number of fused-ring (bicyclic) bond motifs is 6. The Morgan fingerprint density at radius 2 is 1.43 bits per heavy atom. The van der Waals surface area contributed by atoms with Crippen LogP contribution in [-0.2, 0) is 5.41 Å². The third kappa shape index (κ3) is 6.01. The third-order valence-electron chi connectivity index (χ3n) is 11.7. The Bertz CT molecular complexity index is 2990. The van der Waals surface area contributed by atoms with Crippen LogP contribution in [0.25, 0.3) is 44.2 Å². The molecule has 0 fully saturated rings. The Hall–Kier alpha value is -7.31. The van der Waals surface area contributed by atoms with Gasteiger partial charge in [0, 0.05) is 75.5 Å². The number of rotatable bonds is 6. The first-order valence-electron chi connectivity index (χ1n) is 19.7. The van der Waals surface area contributed by atoms with E-state index in [-0.39, 0.29) is 17.2 Å². The first-order valence-corrected chi connectivity index (χ1v) is 19.7. The lowest BCUT2D eigenvalue weighted by Gasteiger charge is -2.31. The van der Waals surface area contributed by atoms with E-state index in [1.165, 1.54) is 49.8 Å². The van der Waals surface area contributed by atoms with Gasteiger partial charge < -0.3 is 4.57 Å². The molecule has 1 atom stereocenters. The molecule has 0 amide bonds. The second kappa shape index (κ2) is 14.3. The fraction of sp³-hybridized carbons (Fsp3) is 0.0962. The summed E-state index contributed by atoms with van der Waals surface area (Å²) in [6.07, 6.45) is 11.5. The van der Waals surface area contributed by atoms with Crippen molar-refractivity contribution < 1.29 is 0 Å². The molecule has 0 spiro atoms. The Labute approximate surface area is 337 Å². The minimum absolute atomic E-state index is 0.106. The molecular weight excluding hydrogens is 709 g/mol. The van der Waals surface area contributed by atoms with Gasteiger partial charge in [-0.05, 0) is 87.8 Å². The molecule has 1 N–H and O–H groups in total. The van der Waals surface area contributed by atoms with E-state index in [1.54, 1.807) is 31.0 Å². The number of aliphatic imine (C=N–C) groups is 2. The van der Waals surface area contributed by atoms with E-state index >= 15 is 0 Å². The van der Waals surface area contributed by atoms with Gasteiger partial charge in [0.2, 0.25) is 0 Å². The molecule has 0 aliphatic heterocycles. The summed E-state index contributed by atoms with van der Waals surface area (Å²) in [5.41, 5.74) is 14.4. The Morgan fingerprint density at radius 1 is 0.707 bits per heavy atom. The summed E-state index contributed by atoms with van der Waals surface area (Å²) in [4.78, 5) is 18.3. The van der Waals surface area contributed by atoms with Gasteiger partial charge in [0.15, 0.2) is 5.84 Å². The largest absolute Gasteiger partial charge is 0.312 e. The van der Waals surface area contributed by atoms with E-state index in [0.717, 1.165) is 33.4 Å². The SMILES string of the molecule is CC1(C)c2ccccc2-c2cc3c4ccccc4n(C4=C(c5ccccc5)C=C(C(=N)/N=C(\N=C\c5cccnc5)c5cccnc5)CC4c4ccccc4)c3cc21. The lowest BCUT2D eigenvalue weighted by atomic mass is 9.79. The number of aromatic nitrogens is 3. The van der Waals surface area contributed by atoms with E-state index < -0.39 is 0 Å². The zero-order valence-electron chi connectivity index (χ0n) is 32.3. The maximum atomic E-state index is 9.65. The van der Waals surface area contributed by atoms with E-state index in [1.807, 2.05) is 24.3 Å². The molecule has 3 aromatic heterocycles. The number of nitrogens with one attached hydrogen (secondary N) is 1. The minimum atomic E-state index is -0.158. The van der Waals surface area contributed by atoms with Crippen LogP contribution in [0.3, 0.4) is 0 Å². The summed E-state index contributed by atoms with van der Waals surface area (Å²) < 4.78 is 2.52. The molecule has 6 nitrogen and oxygen atoms in total. The highest BCUT2D eigenvalue weighted by atomic mass is 15.0. The summed E-state index contributed by atoms with van der Waals surface area (Å²) >= 11 is 0. The van der Waals surface area contributed by atoms with Crippen molar-refractivity contribution in [2.45, 2.75) is 31.6 Å². The number of benzene rings is 5. The van der Waals surface area contributed by atoms with Crippen LogP contribution in [0.4, 0.5) is 0 Å². The first kappa shape index (κ1) is 35.1. The quantitative estimate of drug-likeness (QED) is 0.136. The number of hydrogen-bond acceptors (Lipinski definition) is 3. The standard InChI is InChI=1S/C52H40N6/c1-52(2)45-23-11-9-21-39(45)43-29-44-40-22-10-12-24-47(40)58(48(44)30-46(43)52)49-41(35-16-5-3-6-17-35)27-38(28-42(49)36-18-7-4-8-19-36)50(53)57-51(37-20-14-26-55-33-37)56-32-34-15-13-25-54-31-34/h3-27,29-33,42,53H,28H2,1-2H3/b53-50?,56-32+,57-51-. The Balaban J connectivity index is 1.23. The first-order chi connectivity index (χ1) is 28.5. The van der Waals surface area contributed by atoms with Gasteiger partial charge in [-0.25, -0.2) is 9.98 Å². The molecule has 10 rings (SSSR count). The van der Waals surface area contributed by atoms with Crippen molar-refractivity contribution in [2.75, 3.05) is 0 Å². The van der Waals surface area contributed by atoms with Gasteiger partial charge in [-0.3, -0.25) is 15.4 Å². The molecule has 0 bridgehead atoms. The van der Waals surface area contributed by atoms with Crippen molar-refractivity contribution in [3.8, 4) is 11.1 Å². The predicted octanol–water partition coefficient (Wildman–Crippen LogP) is 11.9. The summed E-state index contributed by atoms with van der Waals surface area (Å²) in [5, 5.41) is 12.1. The second-order valence-electron chi connectivity index (χ2n) is 15.5. The average molecular weight is 749 g/mol. The van der Waals surface area contributed by atoms with Crippen LogP contribution in [0.1, 0.15) is 59.6 Å². The number of pyridine rings is 2. The van der Waals surface area contributed by atoms with Crippen molar-refractivity contribution in [2.24, 2.45) is 9.98 Å². The fourth-order valence-electron chi connectivity index (χ4n) is 8.91. The van der Waals surface area contributed by atoms with Gasteiger partial charge in [0.1, 0.15) is 5.84 Å². The molecular formula is C52H40N6. The van der Waals surface area contributed by atoms with Crippen LogP contribution >= 0.6 is 0 Å². The summed E-state index contributed by atoms with van der Waals surface area (Å²) in [5.74, 6) is 0.468. The lowest BCUT2D eigenvalue weighted by molar-refractivity contribution is 0.661. The molecule has 58 heavy (non-hydrogen) atoms. The number of nitrogens with zero attached hydrogens (tertiary/aromatic N) is 5. The second-order valence-corrected chi connectivity index (χ2v) is 15.5. The lowest BCUT2D eigenvalue weighted by Crippen LogP contribution is -2.18. The van der Waals surface area contributed by atoms with E-state index in [2.05, 4.69) is 156 Å². The molecule has 278 valence electrons. The number of para-hydroxylation sites is 1. The average Bonchev–Trinajstić information content (AvgIpc) is 3.72. The van der Waals surface area contributed by atoms with Crippen molar-refractivity contribution in [3.05, 3.63) is 215 Å². The van der Waals surface area contributed by atoms with Crippen LogP contribution in [-0.4, -0.2) is 32.4 Å². The molecule has 8 aromatic rings. The van der Waals surface area contributed by atoms with Crippen molar-refractivity contribution in [3.63, 3.8) is 0 Å². The zero-order chi connectivity index (χ0) is 39.2. The van der Waals surface area contributed by atoms with E-state index in [0.29, 0.717) is 12.3 Å². The molecule has 2 aliphatic carbocycles. The summed E-state index contributed by atoms with van der Waals surface area (Å²) in [6.45, 7) is 4.69. The molecule has 5 aromatic carbocycles. The third-order valence-corrected chi connectivity index (χ3v) is 11.7. The minimum Gasteiger partial charge on any atom is -0.312 e. The summed E-state index contributed by atoms with van der Waals surface area (Å²) in [7, 11) is 0. The topological polar surface area (TPSA) is 79.3 Å². The van der Waals surface area contributed by atoms with Crippen LogP contribution < -0.4 is 0 Å². The normalized spacial score (nSPS) is 16.1. The monoisotopic (exact) mass is 748 g/mol. The van der Waals surface area contributed by atoms with Crippen molar-refractivity contribution in [1.82, 2.24) is 14.5 Å². The number of amidine groups is 2. The fourth-order valence-corrected chi connectivity index (χ4v) is 8.91. The van der Waals surface area contributed by atoms with Crippen LogP contribution in [0.15, 0.2) is 192 Å². The van der Waals surface area contributed by atoms with Crippen molar-refractivity contribution in [1.29, 1.82) is 5.41 Å². The van der Waals surface area contributed by atoms with Crippen LogP contribution in [0, 0.1) is 5.41 Å². The molecule has 1 unspecified atom stereocenters. The highest BCUT2D eigenvalue weighted by Gasteiger charge is 2.37. The van der Waals surface area contributed by atoms with Gasteiger partial charge in [-0.1, -0.05) is 123 Å². The number of hydrogen-bond donors (Lipinski definition) is 1. The van der Waals surface area contributed by atoms with Gasteiger partial charge in [-0.15, -0.1) is 0 Å². The van der Waals surface area contributed by atoms with Gasteiger partial charge in [-0.2, -0.15) is 0 Å². The van der Waals surface area contributed by atoms with E-state index in [4.69, 9.17) is 9.98 Å². The Morgan fingerprint density at radius 3 is 2.21 bits per heavy atom. The van der Waals surface area contributed by atoms with Gasteiger partial charge in [0.25, 0.3) is 0 Å². The molecule has 0 radical (unpaired) electrons. The Kier molecular flexibility index (Phi) is 8.67. The molecule has 0 saturated heterocycles. The van der Waals surface area contributed by atoms with Gasteiger partial charge in [0.05, 0.1) is 11.0 Å². The van der Waals surface area contributed by atoms with Crippen LogP contribution in [0.5, 0.6) is 0 Å². The van der Waals surface area contributed by atoms with Crippen LogP contribution in [0.2, 0.25) is 0 Å². The maximum Gasteiger partial charge on any atom is 0.163 e. The molecule has 6 heteroatoms. The summed E-state index contributed by atoms with van der Waals surface area (Å²) in [6, 6.07) is 51.5. The maximum absolute atomic E-state index is 9.65. The van der Waals surface area contributed by atoms with E-state index in [9.17, 15) is 5.41 Å². The molecule has 3 heterocycles. The van der Waals surface area contributed by atoms with Crippen molar-refractivity contribution >= 4 is 51.0 Å². The molecule has 2 aliphatic rings. The smallest absolute Gasteiger partial charge is 0.163 e. The highest BCUT2D eigenvalue weighted by molar-refractivity contribution is 6.17. The van der Waals surface area contributed by atoms with Gasteiger partial charge >= 0.3 is 0 Å².